The van der Waals surface area contributed by atoms with Crippen molar-refractivity contribution in [1.82, 2.24) is 0 Å². The Bertz CT molecular complexity index is 550. The number of hydrogen-bond donors (Lipinski definition) is 0. The summed E-state index contributed by atoms with van der Waals surface area (Å²) in [6.45, 7) is 6.05. The maximum Gasteiger partial charge on any atom is 0.224 e. The van der Waals surface area contributed by atoms with Crippen molar-refractivity contribution in [3.63, 3.8) is 0 Å². The van der Waals surface area contributed by atoms with Crippen LogP contribution in [0.4, 0.5) is 0 Å². The van der Waals surface area contributed by atoms with Gasteiger partial charge in [-0.25, -0.2) is 0 Å². The fraction of sp³-hybridized carbons (Fsp3) is 0.188. The molecule has 0 saturated heterocycles. The van der Waals surface area contributed by atoms with Crippen LogP contribution in [0.3, 0.4) is 0 Å². The smallest absolute Gasteiger partial charge is 0.224 e. The van der Waals surface area contributed by atoms with Crippen molar-refractivity contribution in [3.05, 3.63) is 64.7 Å². The molecule has 92 valence electrons. The Balaban J connectivity index is 2.30. The van der Waals surface area contributed by atoms with Crippen molar-refractivity contribution < 1.29 is 4.79 Å². The Labute approximate surface area is 112 Å². The predicted octanol–water partition coefficient (Wildman–Crippen LogP) is 4.54. The molecule has 0 spiro atoms. The average molecular weight is 256 g/mol. The molecule has 1 nitrogen and oxygen atoms in total. The van der Waals surface area contributed by atoms with E-state index in [1.165, 1.54) is 17.3 Å². The van der Waals surface area contributed by atoms with E-state index < -0.39 is 0 Å². The van der Waals surface area contributed by atoms with Gasteiger partial charge in [-0.3, -0.25) is 4.79 Å². The van der Waals surface area contributed by atoms with Gasteiger partial charge in [0.2, 0.25) is 5.12 Å². The van der Waals surface area contributed by atoms with E-state index in [0.29, 0.717) is 0 Å². The molecule has 0 aliphatic rings. The van der Waals surface area contributed by atoms with Crippen LogP contribution in [-0.2, 0) is 0 Å². The number of thioether (sulfide) groups is 1. The first-order valence-electron chi connectivity index (χ1n) is 5.93. The van der Waals surface area contributed by atoms with E-state index in [1.807, 2.05) is 44.2 Å². The first-order chi connectivity index (χ1) is 8.58. The van der Waals surface area contributed by atoms with Gasteiger partial charge in [0, 0.05) is 10.5 Å². The molecule has 0 amide bonds. The highest BCUT2D eigenvalue weighted by molar-refractivity contribution is 8.14. The molecule has 0 unspecified atom stereocenters. The van der Waals surface area contributed by atoms with Crippen LogP contribution < -0.4 is 0 Å². The maximum absolute atomic E-state index is 12.3. The topological polar surface area (TPSA) is 17.1 Å². The highest BCUT2D eigenvalue weighted by atomic mass is 32.2. The molecular formula is C16H16OS. The molecule has 0 atom stereocenters. The van der Waals surface area contributed by atoms with Crippen LogP contribution in [0.15, 0.2) is 47.4 Å². The van der Waals surface area contributed by atoms with Crippen LogP contribution >= 0.6 is 11.8 Å². The number of benzene rings is 2. The van der Waals surface area contributed by atoms with E-state index in [4.69, 9.17) is 0 Å². The molecule has 0 N–H and O–H groups in total. The van der Waals surface area contributed by atoms with Crippen molar-refractivity contribution in [1.29, 1.82) is 0 Å². The van der Waals surface area contributed by atoms with Crippen LogP contribution in [0.1, 0.15) is 27.0 Å². The summed E-state index contributed by atoms with van der Waals surface area (Å²) in [4.78, 5) is 13.3. The Morgan fingerprint density at radius 3 is 2.06 bits per heavy atom. The largest absolute Gasteiger partial charge is 0.281 e. The number of carbonyl (C=O) groups is 1. The van der Waals surface area contributed by atoms with E-state index in [-0.39, 0.29) is 5.12 Å². The Morgan fingerprint density at radius 2 is 1.50 bits per heavy atom. The number of hydrogen-bond acceptors (Lipinski definition) is 2. The van der Waals surface area contributed by atoms with Gasteiger partial charge in [-0.05, 0) is 55.8 Å². The fourth-order valence-electron chi connectivity index (χ4n) is 2.15. The SMILES string of the molecule is Cc1cc(C)c(C(=O)Sc2ccccc2)c(C)c1. The third kappa shape index (κ3) is 2.82. The second-order valence-electron chi connectivity index (χ2n) is 4.48. The Hall–Kier alpha value is -1.54. The second-order valence-corrected chi connectivity index (χ2v) is 5.52. The van der Waals surface area contributed by atoms with Gasteiger partial charge in [-0.1, -0.05) is 35.9 Å². The molecule has 0 aromatic heterocycles. The molecule has 0 fully saturated rings. The summed E-state index contributed by atoms with van der Waals surface area (Å²) in [5, 5.41) is 0.121. The maximum atomic E-state index is 12.3. The molecular weight excluding hydrogens is 240 g/mol. The van der Waals surface area contributed by atoms with Crippen LogP contribution in [-0.4, -0.2) is 5.12 Å². The van der Waals surface area contributed by atoms with Gasteiger partial charge in [0.1, 0.15) is 0 Å². The Kier molecular flexibility index (Phi) is 3.87. The lowest BCUT2D eigenvalue weighted by Crippen LogP contribution is -2.01. The van der Waals surface area contributed by atoms with Crippen LogP contribution in [0.5, 0.6) is 0 Å². The van der Waals surface area contributed by atoms with E-state index in [9.17, 15) is 4.79 Å². The zero-order chi connectivity index (χ0) is 13.1. The molecule has 2 rings (SSSR count). The monoisotopic (exact) mass is 256 g/mol. The quantitative estimate of drug-likeness (QED) is 0.733. The minimum Gasteiger partial charge on any atom is -0.281 e. The zero-order valence-corrected chi connectivity index (χ0v) is 11.7. The van der Waals surface area contributed by atoms with Gasteiger partial charge in [-0.2, -0.15) is 0 Å². The molecule has 0 heterocycles. The Morgan fingerprint density at radius 1 is 0.944 bits per heavy atom. The number of aryl methyl sites for hydroxylation is 3. The summed E-state index contributed by atoms with van der Waals surface area (Å²) < 4.78 is 0. The van der Waals surface area contributed by atoms with Crippen molar-refractivity contribution >= 4 is 16.9 Å². The minimum atomic E-state index is 0.121. The summed E-state index contributed by atoms with van der Waals surface area (Å²) in [6, 6.07) is 13.9. The van der Waals surface area contributed by atoms with Gasteiger partial charge in [0.05, 0.1) is 0 Å². The molecule has 2 aromatic carbocycles. The first kappa shape index (κ1) is 12.9. The first-order valence-corrected chi connectivity index (χ1v) is 6.74. The molecule has 2 heteroatoms. The lowest BCUT2D eigenvalue weighted by Gasteiger charge is -2.09. The van der Waals surface area contributed by atoms with Crippen LogP contribution in [0.2, 0.25) is 0 Å². The zero-order valence-electron chi connectivity index (χ0n) is 10.9. The third-order valence-corrected chi connectivity index (χ3v) is 3.73. The molecule has 18 heavy (non-hydrogen) atoms. The summed E-state index contributed by atoms with van der Waals surface area (Å²) in [6.07, 6.45) is 0. The van der Waals surface area contributed by atoms with E-state index in [1.54, 1.807) is 0 Å². The van der Waals surface area contributed by atoms with Crippen molar-refractivity contribution in [2.45, 2.75) is 25.7 Å². The average Bonchev–Trinajstić information content (AvgIpc) is 2.28. The minimum absolute atomic E-state index is 0.121. The summed E-state index contributed by atoms with van der Waals surface area (Å²) in [7, 11) is 0. The summed E-state index contributed by atoms with van der Waals surface area (Å²) in [5.41, 5.74) is 4.16. The van der Waals surface area contributed by atoms with E-state index in [0.717, 1.165) is 21.6 Å². The standard InChI is InChI=1S/C16H16OS/c1-11-9-12(2)15(13(3)10-11)16(17)18-14-7-5-4-6-8-14/h4-10H,1-3H3. The molecule has 2 aromatic rings. The van der Waals surface area contributed by atoms with E-state index >= 15 is 0 Å². The molecule has 0 aliphatic heterocycles. The fourth-order valence-corrected chi connectivity index (χ4v) is 3.08. The van der Waals surface area contributed by atoms with Crippen LogP contribution in [0, 0.1) is 20.8 Å². The lowest BCUT2D eigenvalue weighted by atomic mass is 10.0. The highest BCUT2D eigenvalue weighted by Gasteiger charge is 2.14. The predicted molar refractivity (Wildman–Crippen MR) is 77.3 cm³/mol. The molecule has 0 aliphatic carbocycles. The van der Waals surface area contributed by atoms with Gasteiger partial charge >= 0.3 is 0 Å². The normalized spacial score (nSPS) is 10.4. The molecule has 0 bridgehead atoms. The number of carbonyl (C=O) groups excluding carboxylic acids is 1. The van der Waals surface area contributed by atoms with Crippen molar-refractivity contribution in [3.8, 4) is 0 Å². The van der Waals surface area contributed by atoms with Gasteiger partial charge in [0.15, 0.2) is 0 Å². The lowest BCUT2D eigenvalue weighted by molar-refractivity contribution is 0.108. The second kappa shape index (κ2) is 5.40. The van der Waals surface area contributed by atoms with Crippen LogP contribution in [0.25, 0.3) is 0 Å². The summed E-state index contributed by atoms with van der Waals surface area (Å²) >= 11 is 1.29. The molecule has 0 saturated carbocycles. The highest BCUT2D eigenvalue weighted by Crippen LogP contribution is 2.26. The van der Waals surface area contributed by atoms with Crippen molar-refractivity contribution in [2.75, 3.05) is 0 Å². The van der Waals surface area contributed by atoms with Gasteiger partial charge in [0.25, 0.3) is 0 Å². The molecule has 0 radical (unpaired) electrons. The summed E-state index contributed by atoms with van der Waals surface area (Å²) in [5.74, 6) is 0. The van der Waals surface area contributed by atoms with Crippen molar-refractivity contribution in [2.24, 2.45) is 0 Å². The van der Waals surface area contributed by atoms with Gasteiger partial charge in [-0.15, -0.1) is 0 Å². The number of rotatable bonds is 2. The third-order valence-electron chi connectivity index (χ3n) is 2.83. The van der Waals surface area contributed by atoms with E-state index in [2.05, 4.69) is 19.1 Å². The van der Waals surface area contributed by atoms with Gasteiger partial charge < -0.3 is 0 Å².